The third-order valence-corrected chi connectivity index (χ3v) is 3.27. The van der Waals surface area contributed by atoms with Crippen LogP contribution in [0.25, 0.3) is 0 Å². The van der Waals surface area contributed by atoms with Gasteiger partial charge in [0.05, 0.1) is 6.54 Å². The topological polar surface area (TPSA) is 94.2 Å². The Balaban J connectivity index is 1.83. The summed E-state index contributed by atoms with van der Waals surface area (Å²) in [4.78, 5) is 36.8. The van der Waals surface area contributed by atoms with E-state index >= 15 is 0 Å². The first-order valence-electron chi connectivity index (χ1n) is 7.87. The Hall–Kier alpha value is -2.77. The molecule has 2 amide bonds. The van der Waals surface area contributed by atoms with E-state index in [1.54, 1.807) is 20.8 Å². The van der Waals surface area contributed by atoms with Gasteiger partial charge in [0.15, 0.2) is 12.8 Å². The van der Waals surface area contributed by atoms with Gasteiger partial charge in [-0.3, -0.25) is 4.90 Å². The van der Waals surface area contributed by atoms with Crippen LogP contribution in [0.3, 0.4) is 0 Å². The Bertz CT molecular complexity index is 626. The Morgan fingerprint density at radius 2 is 1.96 bits per heavy atom. The van der Waals surface area contributed by atoms with E-state index in [9.17, 15) is 14.4 Å². The summed E-state index contributed by atoms with van der Waals surface area (Å²) in [5.41, 5.74) is 0.142. The minimum absolute atomic E-state index is 0.109. The Morgan fingerprint density at radius 1 is 1.28 bits per heavy atom. The van der Waals surface area contributed by atoms with Crippen LogP contribution in [0.4, 0.5) is 9.59 Å². The maximum absolute atomic E-state index is 12.1. The molecule has 2 rings (SSSR count). The molecule has 1 fully saturated rings. The monoisotopic (exact) mass is 350 g/mol. The predicted octanol–water partition coefficient (Wildman–Crippen LogP) is 2.03. The lowest BCUT2D eigenvalue weighted by Gasteiger charge is -2.25. The van der Waals surface area contributed by atoms with E-state index in [0.29, 0.717) is 0 Å². The van der Waals surface area contributed by atoms with Crippen molar-refractivity contribution in [1.82, 2.24) is 10.2 Å². The Morgan fingerprint density at radius 3 is 2.60 bits per heavy atom. The normalized spacial score (nSPS) is 17.0. The minimum Gasteiger partial charge on any atom is -0.445 e. The van der Waals surface area contributed by atoms with E-state index in [1.165, 1.54) is 0 Å². The molecule has 136 valence electrons. The van der Waals surface area contributed by atoms with Gasteiger partial charge in [0.1, 0.15) is 12.2 Å². The highest BCUT2D eigenvalue weighted by Gasteiger charge is 2.40. The van der Waals surface area contributed by atoms with Crippen molar-refractivity contribution in [3.8, 4) is 0 Å². The number of alkyl carbamates (subject to hydrolysis) is 1. The van der Waals surface area contributed by atoms with Crippen LogP contribution in [0.2, 0.25) is 0 Å². The lowest BCUT2D eigenvalue weighted by atomic mass is 10.2. The number of carbonyl (C=O) groups excluding carboxylic acids is 3. The number of cyclic esters (lactones) is 1. The molecule has 25 heavy (non-hydrogen) atoms. The van der Waals surface area contributed by atoms with Crippen LogP contribution in [0.15, 0.2) is 30.3 Å². The fraction of sp³-hybridized carbons (Fsp3) is 0.471. The second-order valence-corrected chi connectivity index (χ2v) is 6.50. The standard InChI is InChI=1S/C17H22N2O6/c1-17(2,3)25-16(22)19-11-24-14(20)13(19)9-18-15(21)23-10-12-7-5-4-6-8-12/h4-8,13H,9-11H2,1-3H3,(H,18,21)/t13-/m0/s1. The molecule has 0 aromatic heterocycles. The van der Waals surface area contributed by atoms with Gasteiger partial charge in [-0.2, -0.15) is 0 Å². The van der Waals surface area contributed by atoms with Crippen LogP contribution in [0.1, 0.15) is 26.3 Å². The van der Waals surface area contributed by atoms with Crippen LogP contribution >= 0.6 is 0 Å². The number of carbonyl (C=O) groups is 3. The summed E-state index contributed by atoms with van der Waals surface area (Å²) in [6, 6.07) is 8.24. The molecule has 1 N–H and O–H groups in total. The fourth-order valence-electron chi connectivity index (χ4n) is 2.09. The number of ether oxygens (including phenoxy) is 3. The SMILES string of the molecule is CC(C)(C)OC(=O)N1COC(=O)[C@@H]1CNC(=O)OCc1ccccc1. The summed E-state index contributed by atoms with van der Waals surface area (Å²) in [6.45, 7) is 4.94. The van der Waals surface area contributed by atoms with Crippen molar-refractivity contribution in [2.45, 2.75) is 39.0 Å². The highest BCUT2D eigenvalue weighted by atomic mass is 16.6. The van der Waals surface area contributed by atoms with Gasteiger partial charge >= 0.3 is 18.2 Å². The maximum Gasteiger partial charge on any atom is 0.413 e. The highest BCUT2D eigenvalue weighted by molar-refractivity contribution is 5.84. The van der Waals surface area contributed by atoms with E-state index in [-0.39, 0.29) is 19.9 Å². The third kappa shape index (κ3) is 5.66. The van der Waals surface area contributed by atoms with Crippen LogP contribution in [0.5, 0.6) is 0 Å². The lowest BCUT2D eigenvalue weighted by Crippen LogP contribution is -2.47. The molecule has 1 heterocycles. The molecule has 1 aliphatic rings. The molecule has 0 saturated carbocycles. The van der Waals surface area contributed by atoms with E-state index in [4.69, 9.17) is 14.2 Å². The Labute approximate surface area is 146 Å². The van der Waals surface area contributed by atoms with Crippen LogP contribution in [-0.4, -0.2) is 48.0 Å². The predicted molar refractivity (Wildman–Crippen MR) is 87.4 cm³/mol. The van der Waals surface area contributed by atoms with Crippen LogP contribution in [0, 0.1) is 0 Å². The van der Waals surface area contributed by atoms with Crippen molar-refractivity contribution in [3.63, 3.8) is 0 Å². The number of hydrogen-bond acceptors (Lipinski definition) is 6. The smallest absolute Gasteiger partial charge is 0.413 e. The zero-order chi connectivity index (χ0) is 18.4. The summed E-state index contributed by atoms with van der Waals surface area (Å²) in [7, 11) is 0. The minimum atomic E-state index is -0.945. The van der Waals surface area contributed by atoms with Crippen molar-refractivity contribution in [3.05, 3.63) is 35.9 Å². The number of nitrogens with one attached hydrogen (secondary N) is 1. The maximum atomic E-state index is 12.1. The van der Waals surface area contributed by atoms with Gasteiger partial charge in [-0.1, -0.05) is 30.3 Å². The Kier molecular flexibility index (Phi) is 5.84. The van der Waals surface area contributed by atoms with Crippen molar-refractivity contribution >= 4 is 18.2 Å². The van der Waals surface area contributed by atoms with E-state index in [2.05, 4.69) is 5.32 Å². The molecule has 1 saturated heterocycles. The van der Waals surface area contributed by atoms with E-state index < -0.39 is 29.8 Å². The molecule has 8 heteroatoms. The second-order valence-electron chi connectivity index (χ2n) is 6.50. The van der Waals surface area contributed by atoms with Crippen LogP contribution < -0.4 is 5.32 Å². The van der Waals surface area contributed by atoms with Crippen molar-refractivity contribution in [2.24, 2.45) is 0 Å². The van der Waals surface area contributed by atoms with Gasteiger partial charge in [-0.05, 0) is 26.3 Å². The third-order valence-electron chi connectivity index (χ3n) is 3.27. The van der Waals surface area contributed by atoms with Gasteiger partial charge in [0.2, 0.25) is 0 Å². The van der Waals surface area contributed by atoms with Crippen molar-refractivity contribution in [1.29, 1.82) is 0 Å². The quantitative estimate of drug-likeness (QED) is 0.660. The molecule has 0 bridgehead atoms. The molecule has 1 aromatic rings. The fourth-order valence-corrected chi connectivity index (χ4v) is 2.09. The second kappa shape index (κ2) is 7.87. The van der Waals surface area contributed by atoms with Crippen molar-refractivity contribution in [2.75, 3.05) is 13.3 Å². The molecule has 0 aliphatic carbocycles. The molecule has 1 aliphatic heterocycles. The number of benzene rings is 1. The zero-order valence-electron chi connectivity index (χ0n) is 14.5. The summed E-state index contributed by atoms with van der Waals surface area (Å²) in [6.07, 6.45) is -1.37. The summed E-state index contributed by atoms with van der Waals surface area (Å²) < 4.78 is 15.2. The van der Waals surface area contributed by atoms with E-state index in [1.807, 2.05) is 30.3 Å². The van der Waals surface area contributed by atoms with Gasteiger partial charge in [0.25, 0.3) is 0 Å². The molecule has 8 nitrogen and oxygen atoms in total. The molecule has 0 radical (unpaired) electrons. The summed E-state index contributed by atoms with van der Waals surface area (Å²) in [5.74, 6) is -0.603. The molecule has 1 atom stereocenters. The van der Waals surface area contributed by atoms with Gasteiger partial charge in [-0.15, -0.1) is 0 Å². The molecular weight excluding hydrogens is 328 g/mol. The average Bonchev–Trinajstić information content (AvgIpc) is 2.91. The largest absolute Gasteiger partial charge is 0.445 e. The van der Waals surface area contributed by atoms with Gasteiger partial charge < -0.3 is 19.5 Å². The van der Waals surface area contributed by atoms with E-state index in [0.717, 1.165) is 10.5 Å². The zero-order valence-corrected chi connectivity index (χ0v) is 14.5. The highest BCUT2D eigenvalue weighted by Crippen LogP contribution is 2.16. The lowest BCUT2D eigenvalue weighted by molar-refractivity contribution is -0.139. The average molecular weight is 350 g/mol. The number of rotatable bonds is 4. The number of esters is 1. The van der Waals surface area contributed by atoms with Gasteiger partial charge in [-0.25, -0.2) is 14.4 Å². The summed E-state index contributed by atoms with van der Waals surface area (Å²) >= 11 is 0. The number of nitrogens with zero attached hydrogens (tertiary/aromatic N) is 1. The number of amides is 2. The molecule has 0 unspecified atom stereocenters. The number of hydrogen-bond donors (Lipinski definition) is 1. The molecular formula is C17H22N2O6. The van der Waals surface area contributed by atoms with Gasteiger partial charge in [0, 0.05) is 0 Å². The molecule has 0 spiro atoms. The summed E-state index contributed by atoms with van der Waals surface area (Å²) in [5, 5.41) is 2.46. The molecule has 1 aromatic carbocycles. The first-order chi connectivity index (χ1) is 11.8. The first-order valence-corrected chi connectivity index (χ1v) is 7.87. The van der Waals surface area contributed by atoms with Crippen molar-refractivity contribution < 1.29 is 28.6 Å². The van der Waals surface area contributed by atoms with Crippen LogP contribution in [-0.2, 0) is 25.6 Å². The first kappa shape index (κ1) is 18.6.